The monoisotopic (exact) mass is 346 g/mol. The van der Waals surface area contributed by atoms with Gasteiger partial charge < -0.3 is 15.3 Å². The molecular formula is C18H23FN4O2. The Kier molecular flexibility index (Phi) is 5.33. The van der Waals surface area contributed by atoms with Gasteiger partial charge in [-0.05, 0) is 43.7 Å². The molecule has 2 N–H and O–H groups in total. The third-order valence-corrected chi connectivity index (χ3v) is 4.88. The van der Waals surface area contributed by atoms with Gasteiger partial charge in [0.15, 0.2) is 0 Å². The number of halogens is 1. The van der Waals surface area contributed by atoms with Crippen LogP contribution in [-0.2, 0) is 0 Å². The number of rotatable bonds is 4. The van der Waals surface area contributed by atoms with Gasteiger partial charge >= 0.3 is 6.03 Å². The van der Waals surface area contributed by atoms with Crippen molar-refractivity contribution in [1.82, 2.24) is 14.7 Å². The number of aliphatic hydroxyl groups excluding tert-OH is 1. The minimum Gasteiger partial charge on any atom is -0.396 e. The van der Waals surface area contributed by atoms with Gasteiger partial charge in [-0.2, -0.15) is 5.10 Å². The Morgan fingerprint density at radius 1 is 1.36 bits per heavy atom. The van der Waals surface area contributed by atoms with E-state index in [0.29, 0.717) is 17.3 Å². The first-order valence-electron chi connectivity index (χ1n) is 8.52. The molecule has 0 aliphatic heterocycles. The van der Waals surface area contributed by atoms with Crippen molar-refractivity contribution in [3.8, 4) is 5.69 Å². The predicted molar refractivity (Wildman–Crippen MR) is 93.1 cm³/mol. The van der Waals surface area contributed by atoms with Crippen molar-refractivity contribution in [3.05, 3.63) is 42.5 Å². The lowest BCUT2D eigenvalue weighted by atomic mass is 9.86. The molecule has 1 aromatic heterocycles. The predicted octanol–water partition coefficient (Wildman–Crippen LogP) is 3.03. The van der Waals surface area contributed by atoms with E-state index in [1.54, 1.807) is 36.3 Å². The van der Waals surface area contributed by atoms with Gasteiger partial charge in [-0.3, -0.25) is 0 Å². The second kappa shape index (κ2) is 7.65. The van der Waals surface area contributed by atoms with Crippen LogP contribution < -0.4 is 5.32 Å². The zero-order chi connectivity index (χ0) is 17.8. The third-order valence-electron chi connectivity index (χ3n) is 4.88. The fraction of sp³-hybridized carbons (Fsp3) is 0.444. The van der Waals surface area contributed by atoms with Gasteiger partial charge in [0, 0.05) is 19.7 Å². The fourth-order valence-corrected chi connectivity index (χ4v) is 3.25. The quantitative estimate of drug-likeness (QED) is 0.894. The van der Waals surface area contributed by atoms with Crippen molar-refractivity contribution in [2.75, 3.05) is 19.0 Å². The number of urea groups is 1. The number of anilines is 1. The summed E-state index contributed by atoms with van der Waals surface area (Å²) in [5.74, 6) is -0.0204. The maximum atomic E-state index is 13.8. The minimum absolute atomic E-state index is 0.171. The summed E-state index contributed by atoms with van der Waals surface area (Å²) in [5.41, 5.74) is 0.850. The van der Waals surface area contributed by atoms with E-state index >= 15 is 0 Å². The first kappa shape index (κ1) is 17.4. The van der Waals surface area contributed by atoms with Gasteiger partial charge in [0.1, 0.15) is 11.5 Å². The molecule has 1 aliphatic rings. The minimum atomic E-state index is -0.374. The van der Waals surface area contributed by atoms with E-state index in [0.717, 1.165) is 25.7 Å². The van der Waals surface area contributed by atoms with E-state index in [-0.39, 0.29) is 24.5 Å². The molecule has 3 rings (SSSR count). The Morgan fingerprint density at radius 2 is 2.08 bits per heavy atom. The number of benzene rings is 1. The number of hydrogen-bond donors (Lipinski definition) is 2. The van der Waals surface area contributed by atoms with Gasteiger partial charge in [0.05, 0.1) is 18.1 Å². The molecule has 2 aromatic rings. The number of para-hydroxylation sites is 1. The molecule has 25 heavy (non-hydrogen) atoms. The van der Waals surface area contributed by atoms with Crippen LogP contribution in [0.4, 0.5) is 14.9 Å². The third kappa shape index (κ3) is 3.99. The molecule has 1 aromatic carbocycles. The Hall–Kier alpha value is -2.41. The Bertz CT molecular complexity index is 725. The van der Waals surface area contributed by atoms with Crippen molar-refractivity contribution < 1.29 is 14.3 Å². The summed E-state index contributed by atoms with van der Waals surface area (Å²) in [6, 6.07) is 6.30. The molecule has 1 aliphatic carbocycles. The standard InChI is InChI=1S/C18H23FN4O2/c1-22(15-8-6-13(12-24)7-9-15)18(25)21-14-10-20-23(11-14)17-5-3-2-4-16(17)19/h2-5,10-11,13,15,24H,6-9,12H2,1H3,(H,21,25). The molecule has 2 amide bonds. The molecule has 0 radical (unpaired) electrons. The largest absolute Gasteiger partial charge is 0.396 e. The molecule has 1 fully saturated rings. The number of carbonyl (C=O) groups is 1. The fourth-order valence-electron chi connectivity index (χ4n) is 3.25. The number of hydrogen-bond acceptors (Lipinski definition) is 3. The first-order chi connectivity index (χ1) is 12.1. The number of amides is 2. The highest BCUT2D eigenvalue weighted by Crippen LogP contribution is 2.27. The maximum absolute atomic E-state index is 13.8. The lowest BCUT2D eigenvalue weighted by molar-refractivity contribution is 0.139. The molecule has 134 valence electrons. The maximum Gasteiger partial charge on any atom is 0.321 e. The first-order valence-corrected chi connectivity index (χ1v) is 8.52. The smallest absolute Gasteiger partial charge is 0.321 e. The molecule has 0 spiro atoms. The van der Waals surface area contributed by atoms with Crippen molar-refractivity contribution >= 4 is 11.7 Å². The average Bonchev–Trinajstić information content (AvgIpc) is 3.09. The molecule has 6 nitrogen and oxygen atoms in total. The normalized spacial score (nSPS) is 20.3. The van der Waals surface area contributed by atoms with E-state index < -0.39 is 0 Å². The Balaban J connectivity index is 1.61. The van der Waals surface area contributed by atoms with Crippen LogP contribution in [0.3, 0.4) is 0 Å². The van der Waals surface area contributed by atoms with Crippen LogP contribution in [0.1, 0.15) is 25.7 Å². The second-order valence-corrected chi connectivity index (χ2v) is 6.52. The molecule has 0 bridgehead atoms. The van der Waals surface area contributed by atoms with Gasteiger partial charge in [-0.1, -0.05) is 12.1 Å². The van der Waals surface area contributed by atoms with Crippen molar-refractivity contribution in [2.45, 2.75) is 31.7 Å². The van der Waals surface area contributed by atoms with Gasteiger partial charge in [-0.15, -0.1) is 0 Å². The summed E-state index contributed by atoms with van der Waals surface area (Å²) in [6.45, 7) is 0.220. The number of nitrogens with zero attached hydrogens (tertiary/aromatic N) is 3. The Labute approximate surface area is 146 Å². The zero-order valence-corrected chi connectivity index (χ0v) is 14.2. The lowest BCUT2D eigenvalue weighted by Gasteiger charge is -2.34. The van der Waals surface area contributed by atoms with Gasteiger partial charge in [0.25, 0.3) is 0 Å². The summed E-state index contributed by atoms with van der Waals surface area (Å²) in [6.07, 6.45) is 6.74. The molecule has 0 unspecified atom stereocenters. The van der Waals surface area contributed by atoms with Crippen LogP contribution in [0.5, 0.6) is 0 Å². The van der Waals surface area contributed by atoms with Crippen LogP contribution in [0.25, 0.3) is 5.69 Å². The van der Waals surface area contributed by atoms with Crippen LogP contribution >= 0.6 is 0 Å². The zero-order valence-electron chi connectivity index (χ0n) is 14.2. The lowest BCUT2D eigenvalue weighted by Crippen LogP contribution is -2.42. The van der Waals surface area contributed by atoms with Crippen LogP contribution in [-0.4, -0.2) is 45.5 Å². The number of aliphatic hydroxyl groups is 1. The van der Waals surface area contributed by atoms with Crippen LogP contribution in [0, 0.1) is 11.7 Å². The average molecular weight is 346 g/mol. The van der Waals surface area contributed by atoms with Crippen molar-refractivity contribution in [3.63, 3.8) is 0 Å². The highest BCUT2D eigenvalue weighted by atomic mass is 19.1. The molecule has 0 saturated heterocycles. The number of aromatic nitrogens is 2. The highest BCUT2D eigenvalue weighted by molar-refractivity contribution is 5.89. The number of nitrogens with one attached hydrogen (secondary N) is 1. The summed E-state index contributed by atoms with van der Waals surface area (Å²) < 4.78 is 15.2. The summed E-state index contributed by atoms with van der Waals surface area (Å²) >= 11 is 0. The Morgan fingerprint density at radius 3 is 2.76 bits per heavy atom. The summed E-state index contributed by atoms with van der Waals surface area (Å²) in [7, 11) is 1.78. The van der Waals surface area contributed by atoms with E-state index in [4.69, 9.17) is 0 Å². The SMILES string of the molecule is CN(C(=O)Nc1cnn(-c2ccccc2F)c1)C1CCC(CO)CC1. The van der Waals surface area contributed by atoms with E-state index in [2.05, 4.69) is 10.4 Å². The van der Waals surface area contributed by atoms with Gasteiger partial charge in [-0.25, -0.2) is 13.9 Å². The van der Waals surface area contributed by atoms with Crippen molar-refractivity contribution in [1.29, 1.82) is 0 Å². The van der Waals surface area contributed by atoms with Crippen molar-refractivity contribution in [2.24, 2.45) is 5.92 Å². The van der Waals surface area contributed by atoms with E-state index in [1.165, 1.54) is 16.9 Å². The molecule has 1 saturated carbocycles. The topological polar surface area (TPSA) is 70.4 Å². The second-order valence-electron chi connectivity index (χ2n) is 6.52. The van der Waals surface area contributed by atoms with E-state index in [9.17, 15) is 14.3 Å². The molecular weight excluding hydrogens is 323 g/mol. The van der Waals surface area contributed by atoms with Crippen LogP contribution in [0.15, 0.2) is 36.7 Å². The number of carbonyl (C=O) groups excluding carboxylic acids is 1. The molecule has 1 heterocycles. The summed E-state index contributed by atoms with van der Waals surface area (Å²) in [5, 5.41) is 16.1. The van der Waals surface area contributed by atoms with E-state index in [1.807, 2.05) is 0 Å². The molecule has 0 atom stereocenters. The van der Waals surface area contributed by atoms with Gasteiger partial charge in [0.2, 0.25) is 0 Å². The van der Waals surface area contributed by atoms with Crippen LogP contribution in [0.2, 0.25) is 0 Å². The highest BCUT2D eigenvalue weighted by Gasteiger charge is 2.26. The summed E-state index contributed by atoms with van der Waals surface area (Å²) in [4.78, 5) is 14.1. The molecule has 7 heteroatoms.